The normalized spacial score (nSPS) is 22.4. The summed E-state index contributed by atoms with van der Waals surface area (Å²) in [5.41, 5.74) is 9.27. The van der Waals surface area contributed by atoms with Crippen molar-refractivity contribution in [3.8, 4) is 0 Å². The highest BCUT2D eigenvalue weighted by Crippen LogP contribution is 2.52. The van der Waals surface area contributed by atoms with E-state index in [2.05, 4.69) is 63.1 Å². The van der Waals surface area contributed by atoms with Crippen molar-refractivity contribution in [1.82, 2.24) is 0 Å². The lowest BCUT2D eigenvalue weighted by molar-refractivity contribution is 0.611. The quantitative estimate of drug-likeness (QED) is 0.561. The van der Waals surface area contributed by atoms with Crippen LogP contribution in [0.5, 0.6) is 0 Å². The fraction of sp³-hybridized carbons (Fsp3) is 0.500. The van der Waals surface area contributed by atoms with Crippen molar-refractivity contribution >= 4 is 21.1 Å². The number of hydrogen-bond acceptors (Lipinski definition) is 0. The third kappa shape index (κ3) is 3.30. The van der Waals surface area contributed by atoms with Crippen LogP contribution in [0.1, 0.15) is 53.0 Å². The summed E-state index contributed by atoms with van der Waals surface area (Å²) in [6, 6.07) is 14.3. The zero-order valence-electron chi connectivity index (χ0n) is 16.8. The van der Waals surface area contributed by atoms with Crippen LogP contribution in [0, 0.1) is 0 Å². The topological polar surface area (TPSA) is 0 Å². The highest BCUT2D eigenvalue weighted by atomic mass is 31.1. The summed E-state index contributed by atoms with van der Waals surface area (Å²) in [5, 5.41) is 1.68. The highest BCUT2D eigenvalue weighted by molar-refractivity contribution is 7.64. The molecule has 2 unspecified atom stereocenters. The Kier molecular flexibility index (Phi) is 5.55. The summed E-state index contributed by atoms with van der Waals surface area (Å²) in [5.74, 6) is 0.633. The molecule has 0 amide bonds. The predicted octanol–water partition coefficient (Wildman–Crippen LogP) is 6.12. The zero-order chi connectivity index (χ0) is 18.3. The van der Waals surface area contributed by atoms with Crippen LogP contribution in [0.3, 0.4) is 0 Å². The zero-order valence-corrected chi connectivity index (χ0v) is 18.5. The van der Waals surface area contributed by atoms with Gasteiger partial charge in [-0.2, -0.15) is 0 Å². The Bertz CT molecular complexity index is 791. The first kappa shape index (κ1) is 18.7. The molecule has 0 saturated carbocycles. The van der Waals surface area contributed by atoms with E-state index in [9.17, 15) is 0 Å². The summed E-state index contributed by atoms with van der Waals surface area (Å²) in [7, 11) is -0.0206. The number of fused-ring (bicyclic) bond motifs is 2. The SMILES string of the molecule is CP(C)c1ccc2c(c1C1c3ccccc3CCC1P(C)C)CCCC2. The van der Waals surface area contributed by atoms with Gasteiger partial charge in [0.1, 0.15) is 0 Å². The summed E-state index contributed by atoms with van der Waals surface area (Å²) in [4.78, 5) is 0. The highest BCUT2D eigenvalue weighted by Gasteiger charge is 2.36. The molecule has 138 valence electrons. The Morgan fingerprint density at radius 1 is 0.808 bits per heavy atom. The van der Waals surface area contributed by atoms with Crippen molar-refractivity contribution in [2.45, 2.75) is 50.1 Å². The third-order valence-corrected chi connectivity index (χ3v) is 9.73. The van der Waals surface area contributed by atoms with E-state index in [4.69, 9.17) is 0 Å². The van der Waals surface area contributed by atoms with Gasteiger partial charge in [0.25, 0.3) is 0 Å². The molecule has 26 heavy (non-hydrogen) atoms. The Balaban J connectivity index is 1.97. The molecule has 0 bridgehead atoms. The van der Waals surface area contributed by atoms with Gasteiger partial charge in [-0.1, -0.05) is 44.3 Å². The van der Waals surface area contributed by atoms with Gasteiger partial charge in [0.15, 0.2) is 0 Å². The second kappa shape index (κ2) is 7.73. The molecule has 2 atom stereocenters. The van der Waals surface area contributed by atoms with E-state index in [1.54, 1.807) is 33.1 Å². The van der Waals surface area contributed by atoms with Crippen LogP contribution in [0.4, 0.5) is 0 Å². The first-order valence-electron chi connectivity index (χ1n) is 10.1. The molecule has 0 aromatic heterocycles. The van der Waals surface area contributed by atoms with E-state index in [1.807, 2.05) is 0 Å². The Labute approximate surface area is 162 Å². The van der Waals surface area contributed by atoms with Crippen LogP contribution in [-0.4, -0.2) is 32.3 Å². The minimum atomic E-state index is -0.0768. The maximum Gasteiger partial charge on any atom is 0.0169 e. The molecule has 0 saturated heterocycles. The van der Waals surface area contributed by atoms with Gasteiger partial charge in [0.05, 0.1) is 0 Å². The van der Waals surface area contributed by atoms with E-state index >= 15 is 0 Å². The summed E-state index contributed by atoms with van der Waals surface area (Å²) in [6.07, 6.45) is 7.99. The summed E-state index contributed by atoms with van der Waals surface area (Å²) in [6.45, 7) is 9.93. The first-order valence-corrected chi connectivity index (χ1v) is 14.7. The van der Waals surface area contributed by atoms with Gasteiger partial charge in [-0.05, 0) is 104 Å². The molecule has 0 radical (unpaired) electrons. The molecule has 2 heteroatoms. The third-order valence-electron chi connectivity index (χ3n) is 6.49. The predicted molar refractivity (Wildman–Crippen MR) is 121 cm³/mol. The van der Waals surface area contributed by atoms with Crippen molar-refractivity contribution < 1.29 is 0 Å². The average molecular weight is 382 g/mol. The first-order chi connectivity index (χ1) is 12.6. The fourth-order valence-corrected chi connectivity index (χ4v) is 7.91. The molecule has 0 fully saturated rings. The van der Waals surface area contributed by atoms with Crippen LogP contribution in [0.25, 0.3) is 0 Å². The van der Waals surface area contributed by atoms with E-state index in [1.165, 1.54) is 38.5 Å². The van der Waals surface area contributed by atoms with E-state index < -0.39 is 0 Å². The molecular formula is C24H32P2. The standard InChI is InChI=1S/C24H32P2/c1-25(2)21-15-13-17-9-5-7-11-19(17)23(21)24-20-12-8-6-10-18(20)14-16-22(24)26(3)4/h5,7,9,11,14,16,21,23H,6,8,10,12-13,15H2,1-4H3. The minimum Gasteiger partial charge on any atom is -0.109 e. The molecular weight excluding hydrogens is 350 g/mol. The Morgan fingerprint density at radius 2 is 1.58 bits per heavy atom. The van der Waals surface area contributed by atoms with Crippen molar-refractivity contribution in [3.05, 3.63) is 64.2 Å². The molecule has 0 spiro atoms. The smallest absolute Gasteiger partial charge is 0.0169 e. The largest absolute Gasteiger partial charge is 0.109 e. The number of hydrogen-bond donors (Lipinski definition) is 0. The summed E-state index contributed by atoms with van der Waals surface area (Å²) >= 11 is 0. The minimum absolute atomic E-state index is 0.0562. The van der Waals surface area contributed by atoms with Gasteiger partial charge in [-0.25, -0.2) is 0 Å². The maximum absolute atomic E-state index is 2.51. The van der Waals surface area contributed by atoms with Gasteiger partial charge in [-0.15, -0.1) is 7.92 Å². The molecule has 2 aliphatic rings. The van der Waals surface area contributed by atoms with Crippen molar-refractivity contribution in [2.75, 3.05) is 26.7 Å². The second-order valence-corrected chi connectivity index (χ2v) is 13.3. The Morgan fingerprint density at radius 3 is 2.35 bits per heavy atom. The lowest BCUT2D eigenvalue weighted by atomic mass is 9.74. The van der Waals surface area contributed by atoms with Gasteiger partial charge in [-0.3, -0.25) is 0 Å². The molecule has 0 heterocycles. The molecule has 0 N–H and O–H groups in total. The second-order valence-electron chi connectivity index (χ2n) is 8.48. The molecule has 0 aliphatic heterocycles. The van der Waals surface area contributed by atoms with Crippen LogP contribution < -0.4 is 5.30 Å². The van der Waals surface area contributed by atoms with Crippen LogP contribution in [-0.2, 0) is 19.3 Å². The van der Waals surface area contributed by atoms with Crippen LogP contribution in [0.2, 0.25) is 0 Å². The fourth-order valence-electron chi connectivity index (χ4n) is 5.23. The summed E-state index contributed by atoms with van der Waals surface area (Å²) < 4.78 is 0. The lowest BCUT2D eigenvalue weighted by Gasteiger charge is -2.40. The molecule has 0 nitrogen and oxygen atoms in total. The maximum atomic E-state index is 2.51. The van der Waals surface area contributed by atoms with Gasteiger partial charge < -0.3 is 0 Å². The van der Waals surface area contributed by atoms with E-state index in [0.717, 1.165) is 5.66 Å². The van der Waals surface area contributed by atoms with Crippen LogP contribution in [0.15, 0.2) is 36.4 Å². The van der Waals surface area contributed by atoms with Gasteiger partial charge >= 0.3 is 0 Å². The van der Waals surface area contributed by atoms with E-state index in [-0.39, 0.29) is 15.8 Å². The number of aryl methyl sites for hydroxylation is 2. The average Bonchev–Trinajstić information content (AvgIpc) is 2.66. The lowest BCUT2D eigenvalue weighted by Crippen LogP contribution is -2.30. The number of benzene rings is 2. The van der Waals surface area contributed by atoms with Crippen molar-refractivity contribution in [1.29, 1.82) is 0 Å². The van der Waals surface area contributed by atoms with Crippen molar-refractivity contribution in [3.63, 3.8) is 0 Å². The Hall–Kier alpha value is -0.700. The van der Waals surface area contributed by atoms with Crippen LogP contribution >= 0.6 is 15.8 Å². The number of rotatable bonds is 3. The van der Waals surface area contributed by atoms with Gasteiger partial charge in [0, 0.05) is 5.92 Å². The molecule has 2 aromatic carbocycles. The monoisotopic (exact) mass is 382 g/mol. The van der Waals surface area contributed by atoms with Gasteiger partial charge in [0.2, 0.25) is 0 Å². The van der Waals surface area contributed by atoms with Crippen molar-refractivity contribution in [2.24, 2.45) is 0 Å². The molecule has 2 aromatic rings. The molecule has 2 aliphatic carbocycles. The van der Waals surface area contributed by atoms with E-state index in [0.29, 0.717) is 5.92 Å². The molecule has 4 rings (SSSR count).